The zero-order valence-corrected chi connectivity index (χ0v) is 15.4. The number of anilines is 1. The van der Waals surface area contributed by atoms with Crippen molar-refractivity contribution in [1.29, 1.82) is 0 Å². The SMILES string of the molecule is CCOc1cccc(C=Nc2cc(C(F)(F)F)ccc2N2CCOCC2)c1O. The van der Waals surface area contributed by atoms with E-state index in [1.165, 1.54) is 12.3 Å². The second kappa shape index (κ2) is 8.52. The van der Waals surface area contributed by atoms with Crippen molar-refractivity contribution in [2.24, 2.45) is 4.99 Å². The van der Waals surface area contributed by atoms with Gasteiger partial charge in [0.25, 0.3) is 0 Å². The van der Waals surface area contributed by atoms with Gasteiger partial charge < -0.3 is 19.5 Å². The van der Waals surface area contributed by atoms with Crippen LogP contribution in [0, 0.1) is 0 Å². The maximum atomic E-state index is 13.2. The summed E-state index contributed by atoms with van der Waals surface area (Å²) < 4.78 is 50.1. The van der Waals surface area contributed by atoms with Crippen molar-refractivity contribution in [2.45, 2.75) is 13.1 Å². The van der Waals surface area contributed by atoms with Crippen LogP contribution in [0.25, 0.3) is 0 Å². The Morgan fingerprint density at radius 3 is 2.64 bits per heavy atom. The van der Waals surface area contributed by atoms with Crippen molar-refractivity contribution in [3.63, 3.8) is 0 Å². The third-order valence-corrected chi connectivity index (χ3v) is 4.33. The lowest BCUT2D eigenvalue weighted by Crippen LogP contribution is -2.36. The van der Waals surface area contributed by atoms with E-state index in [2.05, 4.69) is 4.99 Å². The second-order valence-corrected chi connectivity index (χ2v) is 6.19. The lowest BCUT2D eigenvalue weighted by Gasteiger charge is -2.30. The number of halogens is 3. The van der Waals surface area contributed by atoms with Gasteiger partial charge in [-0.3, -0.25) is 4.99 Å². The van der Waals surface area contributed by atoms with E-state index < -0.39 is 11.7 Å². The van der Waals surface area contributed by atoms with Crippen LogP contribution in [0.2, 0.25) is 0 Å². The number of aromatic hydroxyl groups is 1. The first-order valence-electron chi connectivity index (χ1n) is 8.93. The second-order valence-electron chi connectivity index (χ2n) is 6.19. The molecule has 8 heteroatoms. The van der Waals surface area contributed by atoms with Crippen LogP contribution in [-0.4, -0.2) is 44.2 Å². The Morgan fingerprint density at radius 1 is 1.21 bits per heavy atom. The molecule has 0 amide bonds. The molecule has 1 aliphatic heterocycles. The van der Waals surface area contributed by atoms with Gasteiger partial charge in [-0.25, -0.2) is 0 Å². The molecule has 0 radical (unpaired) electrons. The lowest BCUT2D eigenvalue weighted by atomic mass is 10.1. The Hall–Kier alpha value is -2.74. The van der Waals surface area contributed by atoms with Crippen LogP contribution in [0.5, 0.6) is 11.5 Å². The number of benzene rings is 2. The summed E-state index contributed by atoms with van der Waals surface area (Å²) in [4.78, 5) is 6.20. The molecule has 0 atom stereocenters. The van der Waals surface area contributed by atoms with E-state index in [0.717, 1.165) is 12.1 Å². The minimum atomic E-state index is -4.47. The molecule has 28 heavy (non-hydrogen) atoms. The van der Waals surface area contributed by atoms with Crippen molar-refractivity contribution in [3.8, 4) is 11.5 Å². The number of phenolic OH excluding ortho intramolecular Hbond substituents is 1. The smallest absolute Gasteiger partial charge is 0.416 e. The fourth-order valence-corrected chi connectivity index (χ4v) is 2.93. The quantitative estimate of drug-likeness (QED) is 0.764. The zero-order chi connectivity index (χ0) is 20.1. The Labute approximate surface area is 161 Å². The molecule has 5 nitrogen and oxygen atoms in total. The van der Waals surface area contributed by atoms with Gasteiger partial charge in [0.2, 0.25) is 0 Å². The van der Waals surface area contributed by atoms with Gasteiger partial charge in [0.1, 0.15) is 0 Å². The van der Waals surface area contributed by atoms with Crippen LogP contribution in [-0.2, 0) is 10.9 Å². The highest BCUT2D eigenvalue weighted by Gasteiger charge is 2.31. The Bertz CT molecular complexity index is 847. The predicted molar refractivity (Wildman–Crippen MR) is 101 cm³/mol. The predicted octanol–water partition coefficient (Wildman–Crippen LogP) is 4.40. The molecule has 1 heterocycles. The maximum Gasteiger partial charge on any atom is 0.416 e. The monoisotopic (exact) mass is 394 g/mol. The number of nitrogens with zero attached hydrogens (tertiary/aromatic N) is 2. The minimum absolute atomic E-state index is 0.104. The molecular formula is C20H21F3N2O3. The molecule has 0 aliphatic carbocycles. The number of alkyl halides is 3. The molecular weight excluding hydrogens is 373 g/mol. The molecule has 0 bridgehead atoms. The molecule has 0 spiro atoms. The molecule has 3 rings (SSSR count). The maximum absolute atomic E-state index is 13.2. The summed E-state index contributed by atoms with van der Waals surface area (Å²) in [6.07, 6.45) is -3.12. The first-order chi connectivity index (χ1) is 13.4. The van der Waals surface area contributed by atoms with E-state index >= 15 is 0 Å². The van der Waals surface area contributed by atoms with Crippen LogP contribution in [0.15, 0.2) is 41.4 Å². The van der Waals surface area contributed by atoms with Crippen molar-refractivity contribution >= 4 is 17.6 Å². The Balaban J connectivity index is 1.99. The molecule has 0 unspecified atom stereocenters. The normalized spacial score (nSPS) is 15.2. The number of rotatable bonds is 5. The third kappa shape index (κ3) is 4.56. The molecule has 2 aromatic carbocycles. The fraction of sp³-hybridized carbons (Fsp3) is 0.350. The number of morpholine rings is 1. The number of hydrogen-bond acceptors (Lipinski definition) is 5. The molecule has 1 fully saturated rings. The Kier molecular flexibility index (Phi) is 6.08. The summed E-state index contributed by atoms with van der Waals surface area (Å²) in [6, 6.07) is 8.41. The van der Waals surface area contributed by atoms with E-state index in [9.17, 15) is 18.3 Å². The van der Waals surface area contributed by atoms with Crippen LogP contribution in [0.4, 0.5) is 24.5 Å². The van der Waals surface area contributed by atoms with Gasteiger partial charge in [0.15, 0.2) is 11.5 Å². The van der Waals surface area contributed by atoms with E-state index in [0.29, 0.717) is 49.9 Å². The number of hydrogen-bond donors (Lipinski definition) is 1. The van der Waals surface area contributed by atoms with E-state index in [1.54, 1.807) is 25.1 Å². The number of para-hydroxylation sites is 1. The minimum Gasteiger partial charge on any atom is -0.504 e. The molecule has 1 N–H and O–H groups in total. The average molecular weight is 394 g/mol. The van der Waals surface area contributed by atoms with Gasteiger partial charge in [-0.2, -0.15) is 13.2 Å². The van der Waals surface area contributed by atoms with Crippen LogP contribution < -0.4 is 9.64 Å². The van der Waals surface area contributed by atoms with E-state index in [1.807, 2.05) is 4.90 Å². The number of ether oxygens (including phenoxy) is 2. The molecule has 1 saturated heterocycles. The van der Waals surface area contributed by atoms with Crippen molar-refractivity contribution in [2.75, 3.05) is 37.8 Å². The van der Waals surface area contributed by atoms with E-state index in [-0.39, 0.29) is 11.4 Å². The van der Waals surface area contributed by atoms with Crippen LogP contribution >= 0.6 is 0 Å². The molecule has 1 aliphatic rings. The molecule has 0 saturated carbocycles. The van der Waals surface area contributed by atoms with Gasteiger partial charge in [-0.05, 0) is 37.3 Å². The lowest BCUT2D eigenvalue weighted by molar-refractivity contribution is -0.137. The van der Waals surface area contributed by atoms with Crippen LogP contribution in [0.3, 0.4) is 0 Å². The van der Waals surface area contributed by atoms with Gasteiger partial charge >= 0.3 is 6.18 Å². The van der Waals surface area contributed by atoms with Gasteiger partial charge in [-0.15, -0.1) is 0 Å². The average Bonchev–Trinajstić information content (AvgIpc) is 2.68. The van der Waals surface area contributed by atoms with E-state index in [4.69, 9.17) is 9.47 Å². The summed E-state index contributed by atoms with van der Waals surface area (Å²) in [6.45, 7) is 4.31. The molecule has 150 valence electrons. The molecule has 0 aromatic heterocycles. The van der Waals surface area contributed by atoms with Gasteiger partial charge in [-0.1, -0.05) is 6.07 Å². The first kappa shape index (κ1) is 20.0. The summed E-state index contributed by atoms with van der Waals surface area (Å²) in [5, 5.41) is 10.3. The van der Waals surface area contributed by atoms with Crippen molar-refractivity contribution in [3.05, 3.63) is 47.5 Å². The highest BCUT2D eigenvalue weighted by Crippen LogP contribution is 2.37. The Morgan fingerprint density at radius 2 is 1.96 bits per heavy atom. The standard InChI is InChI=1S/C20H21F3N2O3/c1-2-28-18-5-3-4-14(19(18)26)13-24-16-12-15(20(21,22)23)6-7-17(16)25-8-10-27-11-9-25/h3-7,12-13,26H,2,8-11H2,1H3. The number of phenols is 1. The van der Waals surface area contributed by atoms with Crippen molar-refractivity contribution < 1.29 is 27.8 Å². The zero-order valence-electron chi connectivity index (χ0n) is 15.4. The third-order valence-electron chi connectivity index (χ3n) is 4.33. The summed E-state index contributed by atoms with van der Waals surface area (Å²) in [5.41, 5.74) is 0.353. The highest BCUT2D eigenvalue weighted by molar-refractivity contribution is 5.88. The van der Waals surface area contributed by atoms with Gasteiger partial charge in [0.05, 0.1) is 36.8 Å². The fourth-order valence-electron chi connectivity index (χ4n) is 2.93. The van der Waals surface area contributed by atoms with Crippen molar-refractivity contribution in [1.82, 2.24) is 0 Å². The summed E-state index contributed by atoms with van der Waals surface area (Å²) in [7, 11) is 0. The molecule has 2 aromatic rings. The van der Waals surface area contributed by atoms with Gasteiger partial charge in [0, 0.05) is 24.9 Å². The first-order valence-corrected chi connectivity index (χ1v) is 8.93. The summed E-state index contributed by atoms with van der Waals surface area (Å²) >= 11 is 0. The highest BCUT2D eigenvalue weighted by atomic mass is 19.4. The summed E-state index contributed by atoms with van der Waals surface area (Å²) in [5.74, 6) is 0.192. The topological polar surface area (TPSA) is 54.3 Å². The van der Waals surface area contributed by atoms with Crippen LogP contribution in [0.1, 0.15) is 18.1 Å². The largest absolute Gasteiger partial charge is 0.504 e. The number of aliphatic imine (C=N–C) groups is 1.